The first-order valence-electron chi connectivity index (χ1n) is 4.90. The van der Waals surface area contributed by atoms with Crippen molar-refractivity contribution in [3.8, 4) is 0 Å². The van der Waals surface area contributed by atoms with Gasteiger partial charge in [-0.25, -0.2) is 0 Å². The van der Waals surface area contributed by atoms with E-state index in [0.717, 1.165) is 0 Å². The first-order valence-corrected chi connectivity index (χ1v) is 5.28. The molecule has 0 atom stereocenters. The quantitative estimate of drug-likeness (QED) is 0.783. The second kappa shape index (κ2) is 6.13. The molecular weight excluding hydrogens is 236 g/mol. The van der Waals surface area contributed by atoms with Crippen molar-refractivity contribution in [3.05, 3.63) is 34.9 Å². The van der Waals surface area contributed by atoms with E-state index in [2.05, 4.69) is 5.32 Å². The van der Waals surface area contributed by atoms with Crippen LogP contribution in [0.15, 0.2) is 24.3 Å². The van der Waals surface area contributed by atoms with Gasteiger partial charge in [0.15, 0.2) is 0 Å². The van der Waals surface area contributed by atoms with E-state index < -0.39 is 12.5 Å². The molecule has 0 bridgehead atoms. The Labute approximate surface area is 98.6 Å². The monoisotopic (exact) mass is 249 g/mol. The summed E-state index contributed by atoms with van der Waals surface area (Å²) in [7, 11) is 1.52. The third-order valence-corrected chi connectivity index (χ3v) is 2.43. The van der Waals surface area contributed by atoms with Gasteiger partial charge in [-0.2, -0.15) is 8.78 Å². The molecule has 1 aromatic carbocycles. The molecule has 0 heterocycles. The van der Waals surface area contributed by atoms with Crippen molar-refractivity contribution in [1.82, 2.24) is 5.32 Å². The van der Waals surface area contributed by atoms with E-state index in [1.807, 2.05) is 0 Å². The Morgan fingerprint density at radius 1 is 1.38 bits per heavy atom. The van der Waals surface area contributed by atoms with Crippen LogP contribution in [0.3, 0.4) is 0 Å². The van der Waals surface area contributed by atoms with Crippen molar-refractivity contribution in [3.63, 3.8) is 0 Å². The zero-order valence-corrected chi connectivity index (χ0v) is 9.73. The molecule has 5 heteroatoms. The van der Waals surface area contributed by atoms with Gasteiger partial charge in [-0.15, -0.1) is 0 Å². The molecule has 0 fully saturated rings. The van der Waals surface area contributed by atoms with Gasteiger partial charge in [0.2, 0.25) is 0 Å². The van der Waals surface area contributed by atoms with E-state index in [4.69, 9.17) is 16.3 Å². The lowest BCUT2D eigenvalue weighted by Crippen LogP contribution is -2.32. The first-order chi connectivity index (χ1) is 7.58. The molecular formula is C11H14ClF2NO. The number of rotatable bonds is 6. The lowest BCUT2D eigenvalue weighted by atomic mass is 10.1. The summed E-state index contributed by atoms with van der Waals surface area (Å²) in [6.45, 7) is 0.342. The number of nitrogens with one attached hydrogen (secondary N) is 1. The third kappa shape index (κ3) is 3.70. The van der Waals surface area contributed by atoms with Crippen LogP contribution in [0.1, 0.15) is 5.56 Å². The van der Waals surface area contributed by atoms with Gasteiger partial charge < -0.3 is 10.1 Å². The molecule has 1 N–H and O–H groups in total. The molecule has 1 rings (SSSR count). The summed E-state index contributed by atoms with van der Waals surface area (Å²) in [5, 5.41) is 2.70. The lowest BCUT2D eigenvalue weighted by molar-refractivity contribution is -0.00403. The van der Waals surface area contributed by atoms with Crippen LogP contribution in [0.4, 0.5) is 8.78 Å². The van der Waals surface area contributed by atoms with Gasteiger partial charge in [-0.1, -0.05) is 29.8 Å². The second-order valence-electron chi connectivity index (χ2n) is 3.35. The van der Waals surface area contributed by atoms with E-state index in [1.54, 1.807) is 12.1 Å². The average molecular weight is 250 g/mol. The highest BCUT2D eigenvalue weighted by atomic mass is 35.5. The predicted molar refractivity (Wildman–Crippen MR) is 60.1 cm³/mol. The van der Waals surface area contributed by atoms with Gasteiger partial charge in [-0.05, 0) is 6.07 Å². The molecule has 1 aromatic rings. The maximum atomic E-state index is 13.7. The van der Waals surface area contributed by atoms with Gasteiger partial charge in [0, 0.05) is 24.2 Å². The summed E-state index contributed by atoms with van der Waals surface area (Å²) in [5.74, 6) is -2.97. The van der Waals surface area contributed by atoms with Crippen LogP contribution in [-0.4, -0.2) is 26.8 Å². The molecule has 0 spiro atoms. The topological polar surface area (TPSA) is 21.3 Å². The van der Waals surface area contributed by atoms with Crippen molar-refractivity contribution in [2.75, 3.05) is 26.8 Å². The van der Waals surface area contributed by atoms with Crippen LogP contribution >= 0.6 is 11.6 Å². The van der Waals surface area contributed by atoms with Crippen LogP contribution in [0.5, 0.6) is 0 Å². The number of alkyl halides is 2. The molecule has 0 unspecified atom stereocenters. The lowest BCUT2D eigenvalue weighted by Gasteiger charge is -2.18. The highest BCUT2D eigenvalue weighted by molar-refractivity contribution is 6.31. The number of ether oxygens (including phenoxy) is 1. The summed E-state index contributed by atoms with van der Waals surface area (Å²) >= 11 is 5.72. The molecule has 0 aliphatic carbocycles. The van der Waals surface area contributed by atoms with Gasteiger partial charge in [0.05, 0.1) is 13.2 Å². The summed E-state index contributed by atoms with van der Waals surface area (Å²) in [6.07, 6.45) is 0. The number of hydrogen-bond acceptors (Lipinski definition) is 2. The third-order valence-electron chi connectivity index (χ3n) is 2.10. The fraction of sp³-hybridized carbons (Fsp3) is 0.455. The van der Waals surface area contributed by atoms with Crippen molar-refractivity contribution >= 4 is 11.6 Å². The Morgan fingerprint density at radius 2 is 2.06 bits per heavy atom. The molecule has 0 saturated heterocycles. The van der Waals surface area contributed by atoms with Crippen LogP contribution in [0.2, 0.25) is 5.02 Å². The predicted octanol–water partition coefficient (Wildman–Crippen LogP) is 2.67. The van der Waals surface area contributed by atoms with Crippen molar-refractivity contribution < 1.29 is 13.5 Å². The highest BCUT2D eigenvalue weighted by Crippen LogP contribution is 2.32. The molecule has 0 saturated carbocycles. The van der Waals surface area contributed by atoms with Crippen LogP contribution in [0.25, 0.3) is 0 Å². The molecule has 2 nitrogen and oxygen atoms in total. The van der Waals surface area contributed by atoms with Crippen LogP contribution in [0, 0.1) is 0 Å². The average Bonchev–Trinajstić information content (AvgIpc) is 2.25. The van der Waals surface area contributed by atoms with Gasteiger partial charge >= 0.3 is 0 Å². The molecule has 0 aliphatic heterocycles. The summed E-state index contributed by atoms with van der Waals surface area (Å²) in [5.41, 5.74) is -0.151. The molecule has 90 valence electrons. The minimum Gasteiger partial charge on any atom is -0.383 e. The Morgan fingerprint density at radius 3 is 2.69 bits per heavy atom. The first kappa shape index (κ1) is 13.4. The second-order valence-corrected chi connectivity index (χ2v) is 3.76. The fourth-order valence-electron chi connectivity index (χ4n) is 1.27. The SMILES string of the molecule is COCCNCC(F)(F)c1ccccc1Cl. The summed E-state index contributed by atoms with van der Waals surface area (Å²) in [6, 6.07) is 5.96. The maximum absolute atomic E-state index is 13.7. The van der Waals surface area contributed by atoms with Gasteiger partial charge in [0.1, 0.15) is 0 Å². The smallest absolute Gasteiger partial charge is 0.286 e. The Balaban J connectivity index is 2.59. The van der Waals surface area contributed by atoms with Crippen molar-refractivity contribution in [2.24, 2.45) is 0 Å². The molecule has 0 aromatic heterocycles. The number of methoxy groups -OCH3 is 1. The van der Waals surface area contributed by atoms with Crippen LogP contribution in [-0.2, 0) is 10.7 Å². The number of benzene rings is 1. The number of halogens is 3. The molecule has 0 amide bonds. The van der Waals surface area contributed by atoms with E-state index in [0.29, 0.717) is 13.2 Å². The summed E-state index contributed by atoms with van der Waals surface area (Å²) < 4.78 is 32.1. The minimum absolute atomic E-state index is 0.0843. The van der Waals surface area contributed by atoms with E-state index >= 15 is 0 Å². The maximum Gasteiger partial charge on any atom is 0.286 e. The van der Waals surface area contributed by atoms with Crippen molar-refractivity contribution in [2.45, 2.75) is 5.92 Å². The standard InChI is InChI=1S/C11H14ClF2NO/c1-16-7-6-15-8-11(13,14)9-4-2-3-5-10(9)12/h2-5,15H,6-8H2,1H3. The van der Waals surface area contributed by atoms with E-state index in [9.17, 15) is 8.78 Å². The summed E-state index contributed by atoms with van der Waals surface area (Å²) in [4.78, 5) is 0. The highest BCUT2D eigenvalue weighted by Gasteiger charge is 2.32. The van der Waals surface area contributed by atoms with Gasteiger partial charge in [0.25, 0.3) is 5.92 Å². The zero-order valence-electron chi connectivity index (χ0n) is 8.97. The largest absolute Gasteiger partial charge is 0.383 e. The zero-order chi connectivity index (χ0) is 12.0. The fourth-order valence-corrected chi connectivity index (χ4v) is 1.55. The van der Waals surface area contributed by atoms with Crippen LogP contribution < -0.4 is 5.32 Å². The van der Waals surface area contributed by atoms with E-state index in [1.165, 1.54) is 19.2 Å². The van der Waals surface area contributed by atoms with Crippen molar-refractivity contribution in [1.29, 1.82) is 0 Å². The van der Waals surface area contributed by atoms with E-state index in [-0.39, 0.29) is 10.6 Å². The molecule has 0 aliphatic rings. The Bertz CT molecular complexity index is 334. The number of hydrogen-bond donors (Lipinski definition) is 1. The molecule has 0 radical (unpaired) electrons. The minimum atomic E-state index is -2.97. The molecule has 16 heavy (non-hydrogen) atoms. The Hall–Kier alpha value is -0.710. The normalized spacial score (nSPS) is 11.8. The van der Waals surface area contributed by atoms with Gasteiger partial charge in [-0.3, -0.25) is 0 Å². The Kier molecular flexibility index (Phi) is 5.12.